The number of nitrogens with one attached hydrogen (secondary N) is 1. The lowest BCUT2D eigenvalue weighted by Gasteiger charge is -2.34. The van der Waals surface area contributed by atoms with Crippen LogP contribution in [0.15, 0.2) is 29.2 Å². The van der Waals surface area contributed by atoms with Crippen molar-refractivity contribution in [2.45, 2.75) is 50.5 Å². The number of hydrogen-bond donors (Lipinski definition) is 1. The first kappa shape index (κ1) is 18.9. The van der Waals surface area contributed by atoms with Gasteiger partial charge in [0.05, 0.1) is 10.6 Å². The van der Waals surface area contributed by atoms with Crippen LogP contribution >= 0.6 is 11.5 Å². The third kappa shape index (κ3) is 3.79. The molecule has 1 aromatic heterocycles. The molecule has 0 radical (unpaired) electrons. The lowest BCUT2D eigenvalue weighted by Crippen LogP contribution is -2.43. The van der Waals surface area contributed by atoms with Gasteiger partial charge in [-0.2, -0.15) is 4.31 Å². The molecule has 9 heteroatoms. The molecular formula is C17H22N4O3S2. The summed E-state index contributed by atoms with van der Waals surface area (Å²) in [6.45, 7) is 4.31. The molecule has 0 saturated carbocycles. The molecule has 1 amide bonds. The Labute approximate surface area is 157 Å². The Bertz CT molecular complexity index is 878. The summed E-state index contributed by atoms with van der Waals surface area (Å²) < 4.78 is 31.3. The van der Waals surface area contributed by atoms with E-state index in [0.29, 0.717) is 22.8 Å². The van der Waals surface area contributed by atoms with Gasteiger partial charge in [-0.3, -0.25) is 4.79 Å². The highest BCUT2D eigenvalue weighted by Crippen LogP contribution is 2.27. The molecule has 140 valence electrons. The molecule has 26 heavy (non-hydrogen) atoms. The molecule has 1 aliphatic rings. The van der Waals surface area contributed by atoms with Crippen LogP contribution < -0.4 is 5.32 Å². The van der Waals surface area contributed by atoms with Crippen LogP contribution in [0.4, 0.5) is 5.69 Å². The minimum Gasteiger partial charge on any atom is -0.321 e. The van der Waals surface area contributed by atoms with E-state index in [0.717, 1.165) is 37.2 Å². The number of carbonyl (C=O) groups excluding carboxylic acids is 1. The van der Waals surface area contributed by atoms with Gasteiger partial charge in [0.25, 0.3) is 5.91 Å². The van der Waals surface area contributed by atoms with E-state index in [1.165, 1.54) is 0 Å². The van der Waals surface area contributed by atoms with E-state index in [1.807, 2.05) is 6.92 Å². The predicted octanol–water partition coefficient (Wildman–Crippen LogP) is 3.05. The van der Waals surface area contributed by atoms with E-state index in [1.54, 1.807) is 35.5 Å². The number of piperidine rings is 1. The minimum absolute atomic E-state index is 0.0648. The second kappa shape index (κ2) is 7.81. The number of anilines is 1. The van der Waals surface area contributed by atoms with E-state index in [2.05, 4.69) is 14.9 Å². The van der Waals surface area contributed by atoms with E-state index >= 15 is 0 Å². The van der Waals surface area contributed by atoms with Crippen molar-refractivity contribution in [3.05, 3.63) is 34.8 Å². The number of amides is 1. The van der Waals surface area contributed by atoms with Crippen molar-refractivity contribution in [2.75, 3.05) is 11.9 Å². The Morgan fingerprint density at radius 3 is 2.65 bits per heavy atom. The summed E-state index contributed by atoms with van der Waals surface area (Å²) in [4.78, 5) is 12.9. The predicted molar refractivity (Wildman–Crippen MR) is 101 cm³/mol. The summed E-state index contributed by atoms with van der Waals surface area (Å²) in [5.41, 5.74) is 1.11. The topological polar surface area (TPSA) is 92.3 Å². The van der Waals surface area contributed by atoms with Gasteiger partial charge in [0.2, 0.25) is 10.0 Å². The quantitative estimate of drug-likeness (QED) is 0.841. The smallest absolute Gasteiger partial charge is 0.269 e. The summed E-state index contributed by atoms with van der Waals surface area (Å²) in [6, 6.07) is 6.38. The number of sulfonamides is 1. The fourth-order valence-electron chi connectivity index (χ4n) is 3.17. The highest BCUT2D eigenvalue weighted by atomic mass is 32.2. The zero-order valence-corrected chi connectivity index (χ0v) is 16.4. The maximum Gasteiger partial charge on any atom is 0.269 e. The van der Waals surface area contributed by atoms with Gasteiger partial charge in [0, 0.05) is 18.3 Å². The van der Waals surface area contributed by atoms with Crippen molar-refractivity contribution in [1.29, 1.82) is 0 Å². The fourth-order valence-corrected chi connectivity index (χ4v) is 5.49. The zero-order chi connectivity index (χ0) is 18.7. The van der Waals surface area contributed by atoms with E-state index in [-0.39, 0.29) is 16.8 Å². The van der Waals surface area contributed by atoms with Gasteiger partial charge in [-0.15, -0.1) is 5.10 Å². The summed E-state index contributed by atoms with van der Waals surface area (Å²) in [5, 5.41) is 6.56. The average Bonchev–Trinajstić information content (AvgIpc) is 3.08. The molecular weight excluding hydrogens is 372 g/mol. The van der Waals surface area contributed by atoms with Gasteiger partial charge < -0.3 is 5.32 Å². The van der Waals surface area contributed by atoms with Crippen LogP contribution in [-0.4, -0.2) is 40.8 Å². The van der Waals surface area contributed by atoms with Gasteiger partial charge in [0.1, 0.15) is 4.88 Å². The molecule has 2 heterocycles. The second-order valence-corrected chi connectivity index (χ2v) is 8.98. The molecule has 7 nitrogen and oxygen atoms in total. The SMILES string of the molecule is CC[C@@H]1CCCCN1S(=O)(=O)c1ccc(NC(=O)c2snnc2C)cc1. The lowest BCUT2D eigenvalue weighted by atomic mass is 10.0. The van der Waals surface area contributed by atoms with Crippen LogP contribution in [0.1, 0.15) is 48.0 Å². The molecule has 1 N–H and O–H groups in total. The molecule has 2 aromatic rings. The van der Waals surface area contributed by atoms with Crippen LogP contribution in [0.2, 0.25) is 0 Å². The van der Waals surface area contributed by atoms with Gasteiger partial charge in [-0.05, 0) is 62.0 Å². The second-order valence-electron chi connectivity index (χ2n) is 6.34. The van der Waals surface area contributed by atoms with Crippen LogP contribution in [0.5, 0.6) is 0 Å². The van der Waals surface area contributed by atoms with Gasteiger partial charge in [-0.25, -0.2) is 8.42 Å². The fraction of sp³-hybridized carbons (Fsp3) is 0.471. The highest BCUT2D eigenvalue weighted by Gasteiger charge is 2.32. The van der Waals surface area contributed by atoms with Crippen LogP contribution in [0, 0.1) is 6.92 Å². The van der Waals surface area contributed by atoms with Crippen LogP contribution in [0.25, 0.3) is 0 Å². The van der Waals surface area contributed by atoms with E-state index < -0.39 is 10.0 Å². The third-order valence-corrected chi connectivity index (χ3v) is 7.41. The standard InChI is InChI=1S/C17H22N4O3S2/c1-3-14-6-4-5-11-21(14)26(23,24)15-9-7-13(8-10-15)18-17(22)16-12(2)19-20-25-16/h7-10,14H,3-6,11H2,1-2H3,(H,18,22)/t14-/m1/s1. The number of nitrogens with zero attached hydrogens (tertiary/aromatic N) is 3. The highest BCUT2D eigenvalue weighted by molar-refractivity contribution is 7.89. The maximum atomic E-state index is 12.9. The lowest BCUT2D eigenvalue weighted by molar-refractivity contribution is 0.103. The average molecular weight is 395 g/mol. The van der Waals surface area contributed by atoms with Crippen LogP contribution in [0.3, 0.4) is 0 Å². The van der Waals surface area contributed by atoms with Crippen LogP contribution in [-0.2, 0) is 10.0 Å². The first-order chi connectivity index (χ1) is 12.4. The number of hydrogen-bond acceptors (Lipinski definition) is 6. The molecule has 1 saturated heterocycles. The maximum absolute atomic E-state index is 12.9. The Morgan fingerprint density at radius 1 is 1.31 bits per heavy atom. The van der Waals surface area contributed by atoms with Gasteiger partial charge >= 0.3 is 0 Å². The molecule has 1 fully saturated rings. The minimum atomic E-state index is -3.52. The molecule has 0 spiro atoms. The summed E-state index contributed by atoms with van der Waals surface area (Å²) >= 11 is 1.03. The number of benzene rings is 1. The van der Waals surface area contributed by atoms with Gasteiger partial charge in [0.15, 0.2) is 0 Å². The normalized spacial score (nSPS) is 18.6. The van der Waals surface area contributed by atoms with Crippen molar-refractivity contribution in [2.24, 2.45) is 0 Å². The molecule has 1 aromatic carbocycles. The molecule has 0 unspecified atom stereocenters. The van der Waals surface area contributed by atoms with Crippen molar-refractivity contribution < 1.29 is 13.2 Å². The third-order valence-electron chi connectivity index (χ3n) is 4.62. The molecule has 3 rings (SSSR count). The summed E-state index contributed by atoms with van der Waals surface area (Å²) in [7, 11) is -3.52. The van der Waals surface area contributed by atoms with E-state index in [4.69, 9.17) is 0 Å². The summed E-state index contributed by atoms with van der Waals surface area (Å²) in [6.07, 6.45) is 3.69. The van der Waals surface area contributed by atoms with Crippen molar-refractivity contribution >= 4 is 33.2 Å². The Morgan fingerprint density at radius 2 is 2.04 bits per heavy atom. The largest absolute Gasteiger partial charge is 0.321 e. The Hall–Kier alpha value is -1.84. The number of carbonyl (C=O) groups is 1. The van der Waals surface area contributed by atoms with E-state index in [9.17, 15) is 13.2 Å². The molecule has 1 aliphatic heterocycles. The number of rotatable bonds is 5. The Balaban J connectivity index is 1.76. The molecule has 1 atom stereocenters. The number of aryl methyl sites for hydroxylation is 1. The molecule has 0 aliphatic carbocycles. The van der Waals surface area contributed by atoms with Crippen molar-refractivity contribution in [1.82, 2.24) is 13.9 Å². The monoisotopic (exact) mass is 394 g/mol. The zero-order valence-electron chi connectivity index (χ0n) is 14.8. The molecule has 0 bridgehead atoms. The number of aromatic nitrogens is 2. The first-order valence-electron chi connectivity index (χ1n) is 8.65. The first-order valence-corrected chi connectivity index (χ1v) is 10.9. The van der Waals surface area contributed by atoms with Gasteiger partial charge in [-0.1, -0.05) is 17.8 Å². The van der Waals surface area contributed by atoms with Crippen molar-refractivity contribution in [3.63, 3.8) is 0 Å². The van der Waals surface area contributed by atoms with Crippen molar-refractivity contribution in [3.8, 4) is 0 Å². The Kier molecular flexibility index (Phi) is 5.69. The summed E-state index contributed by atoms with van der Waals surface area (Å²) in [5.74, 6) is -0.296.